The summed E-state index contributed by atoms with van der Waals surface area (Å²) in [6, 6.07) is 6.08. The first-order valence-electron chi connectivity index (χ1n) is 9.84. The molecule has 0 unspecified atom stereocenters. The smallest absolute Gasteiger partial charge is 0.249 e. The van der Waals surface area contributed by atoms with Crippen molar-refractivity contribution < 1.29 is 9.35 Å². The number of benzene rings is 1. The highest BCUT2D eigenvalue weighted by Crippen LogP contribution is 2.40. The molecule has 1 fully saturated rings. The molecule has 3 rings (SSSR count). The van der Waals surface area contributed by atoms with Crippen LogP contribution in [0, 0.1) is 5.41 Å². The van der Waals surface area contributed by atoms with Gasteiger partial charge in [-0.15, -0.1) is 0 Å². The molecule has 1 amide bonds. The van der Waals surface area contributed by atoms with Gasteiger partial charge in [-0.25, -0.2) is 0 Å². The second-order valence-corrected chi connectivity index (χ2v) is 10.8. The van der Waals surface area contributed by atoms with Crippen LogP contribution in [0.2, 0.25) is 0 Å². The van der Waals surface area contributed by atoms with E-state index in [2.05, 4.69) is 44.7 Å². The summed E-state index contributed by atoms with van der Waals surface area (Å²) >= 11 is -0.690. The Balaban J connectivity index is 1.96. The van der Waals surface area contributed by atoms with Crippen molar-refractivity contribution in [3.63, 3.8) is 0 Å². The standard InChI is InChI=1S/C22H32N2O2S/c1-21(2)9-7-16(8-10-21)19-15-17(5-6-18(19)20(23)25)22(3,4)24-11-13-27(26)14-12-24/h5-7,15H,8-14H2,1-4H3,(H2,23,25). The minimum atomic E-state index is -0.690. The van der Waals surface area contributed by atoms with Crippen LogP contribution in [0.4, 0.5) is 0 Å². The third-order valence-corrected chi connectivity index (χ3v) is 7.55. The van der Waals surface area contributed by atoms with Crippen molar-refractivity contribution in [2.45, 2.75) is 52.5 Å². The fourth-order valence-corrected chi connectivity index (χ4v) is 5.16. The molecule has 0 bridgehead atoms. The average Bonchev–Trinajstić information content (AvgIpc) is 2.61. The molecular weight excluding hydrogens is 356 g/mol. The minimum Gasteiger partial charge on any atom is -0.616 e. The molecule has 1 aromatic rings. The highest BCUT2D eigenvalue weighted by Gasteiger charge is 2.34. The van der Waals surface area contributed by atoms with Crippen molar-refractivity contribution in [1.82, 2.24) is 4.90 Å². The highest BCUT2D eigenvalue weighted by molar-refractivity contribution is 7.91. The summed E-state index contributed by atoms with van der Waals surface area (Å²) < 4.78 is 11.7. The Morgan fingerprint density at radius 3 is 2.48 bits per heavy atom. The SMILES string of the molecule is CC1(C)CC=C(c2cc(C(C)(C)N3CC[S+]([O-])CC3)ccc2C(N)=O)CC1. The molecule has 0 saturated carbocycles. The van der Waals surface area contributed by atoms with Gasteiger partial charge in [-0.05, 0) is 67.4 Å². The summed E-state index contributed by atoms with van der Waals surface area (Å²) in [5.74, 6) is 1.10. The number of hydrogen-bond donors (Lipinski definition) is 1. The molecule has 0 spiro atoms. The van der Waals surface area contributed by atoms with Crippen LogP contribution in [-0.2, 0) is 16.7 Å². The van der Waals surface area contributed by atoms with Crippen LogP contribution in [0.1, 0.15) is 68.4 Å². The number of nitrogens with two attached hydrogens (primary N) is 1. The van der Waals surface area contributed by atoms with Crippen molar-refractivity contribution in [3.8, 4) is 0 Å². The van der Waals surface area contributed by atoms with Gasteiger partial charge in [0, 0.05) is 24.2 Å². The largest absolute Gasteiger partial charge is 0.616 e. The Kier molecular flexibility index (Phi) is 5.76. The van der Waals surface area contributed by atoms with Gasteiger partial charge in [-0.1, -0.05) is 37.2 Å². The molecule has 1 aliphatic carbocycles. The van der Waals surface area contributed by atoms with Crippen LogP contribution < -0.4 is 5.73 Å². The number of allylic oxidation sites excluding steroid dienone is 2. The van der Waals surface area contributed by atoms with Crippen LogP contribution >= 0.6 is 0 Å². The summed E-state index contributed by atoms with van der Waals surface area (Å²) in [6.45, 7) is 10.7. The van der Waals surface area contributed by atoms with Crippen molar-refractivity contribution in [2.75, 3.05) is 24.6 Å². The van der Waals surface area contributed by atoms with Crippen LogP contribution in [0.3, 0.4) is 0 Å². The molecule has 4 nitrogen and oxygen atoms in total. The van der Waals surface area contributed by atoms with E-state index in [0.717, 1.165) is 49.4 Å². The zero-order valence-electron chi connectivity index (χ0n) is 17.0. The summed E-state index contributed by atoms with van der Waals surface area (Å²) in [5, 5.41) is 0. The highest BCUT2D eigenvalue weighted by atomic mass is 32.2. The Morgan fingerprint density at radius 1 is 1.26 bits per heavy atom. The van der Waals surface area contributed by atoms with Crippen LogP contribution in [0.25, 0.3) is 5.57 Å². The first-order valence-corrected chi connectivity index (χ1v) is 11.3. The number of rotatable bonds is 4. The van der Waals surface area contributed by atoms with Gasteiger partial charge < -0.3 is 10.3 Å². The monoisotopic (exact) mass is 388 g/mol. The van der Waals surface area contributed by atoms with E-state index >= 15 is 0 Å². The molecule has 0 atom stereocenters. The lowest BCUT2D eigenvalue weighted by atomic mass is 9.76. The Hall–Kier alpha value is -1.30. The number of carbonyl (C=O) groups excluding carboxylic acids is 1. The van der Waals surface area contributed by atoms with Crippen molar-refractivity contribution in [3.05, 3.63) is 41.0 Å². The maximum atomic E-state index is 12.0. The second-order valence-electron chi connectivity index (χ2n) is 9.12. The fourth-order valence-electron chi connectivity index (χ4n) is 4.11. The van der Waals surface area contributed by atoms with E-state index < -0.39 is 11.2 Å². The summed E-state index contributed by atoms with van der Waals surface area (Å²) in [6.07, 6.45) is 5.39. The molecule has 1 saturated heterocycles. The minimum absolute atomic E-state index is 0.177. The molecule has 5 heteroatoms. The molecule has 1 aromatic carbocycles. The Labute approximate surface area is 166 Å². The van der Waals surface area contributed by atoms with Crippen molar-refractivity contribution >= 4 is 22.7 Å². The first kappa shape index (κ1) is 20.4. The molecule has 1 heterocycles. The number of amides is 1. The number of hydrogen-bond acceptors (Lipinski definition) is 3. The lowest BCUT2D eigenvalue weighted by molar-refractivity contribution is 0.0999. The van der Waals surface area contributed by atoms with E-state index in [9.17, 15) is 9.35 Å². The van der Waals surface area contributed by atoms with Gasteiger partial charge in [0.2, 0.25) is 5.91 Å². The van der Waals surface area contributed by atoms with E-state index in [1.54, 1.807) is 0 Å². The predicted octanol–water partition coefficient (Wildman–Crippen LogP) is 3.68. The number of carbonyl (C=O) groups is 1. The van der Waals surface area contributed by atoms with Gasteiger partial charge in [0.25, 0.3) is 0 Å². The van der Waals surface area contributed by atoms with Crippen molar-refractivity contribution in [1.29, 1.82) is 0 Å². The quantitative estimate of drug-likeness (QED) is 0.800. The zero-order chi connectivity index (χ0) is 19.8. The third kappa shape index (κ3) is 4.41. The molecule has 0 aromatic heterocycles. The van der Waals surface area contributed by atoms with E-state index in [1.807, 2.05) is 12.1 Å². The molecular formula is C22H32N2O2S. The summed E-state index contributed by atoms with van der Waals surface area (Å²) in [7, 11) is 0. The van der Waals surface area contributed by atoms with Gasteiger partial charge >= 0.3 is 0 Å². The normalized spacial score (nSPS) is 21.7. The lowest BCUT2D eigenvalue weighted by Crippen LogP contribution is -2.49. The zero-order valence-corrected chi connectivity index (χ0v) is 17.8. The van der Waals surface area contributed by atoms with Crippen molar-refractivity contribution in [2.24, 2.45) is 11.1 Å². The maximum Gasteiger partial charge on any atom is 0.249 e. The molecule has 1 aliphatic heterocycles. The van der Waals surface area contributed by atoms with Gasteiger partial charge in [0.1, 0.15) is 11.5 Å². The Morgan fingerprint density at radius 2 is 1.93 bits per heavy atom. The van der Waals surface area contributed by atoms with Crippen LogP contribution in [0.5, 0.6) is 0 Å². The molecule has 148 valence electrons. The van der Waals surface area contributed by atoms with Gasteiger partial charge in [-0.3, -0.25) is 9.69 Å². The summed E-state index contributed by atoms with van der Waals surface area (Å²) in [5.41, 5.74) is 9.84. The molecule has 2 aliphatic rings. The van der Waals surface area contributed by atoms with E-state index in [0.29, 0.717) is 11.0 Å². The molecule has 27 heavy (non-hydrogen) atoms. The number of nitrogens with zero attached hydrogens (tertiary/aromatic N) is 1. The van der Waals surface area contributed by atoms with E-state index in [1.165, 1.54) is 11.1 Å². The molecule has 2 N–H and O–H groups in total. The second kappa shape index (κ2) is 7.61. The summed E-state index contributed by atoms with van der Waals surface area (Å²) in [4.78, 5) is 14.4. The number of primary amides is 1. The van der Waals surface area contributed by atoms with Gasteiger partial charge in [0.05, 0.1) is 0 Å². The topological polar surface area (TPSA) is 69.4 Å². The van der Waals surface area contributed by atoms with Crippen LogP contribution in [0.15, 0.2) is 24.3 Å². The van der Waals surface area contributed by atoms with E-state index in [-0.39, 0.29) is 11.4 Å². The average molecular weight is 389 g/mol. The first-order chi connectivity index (χ1) is 12.6. The maximum absolute atomic E-state index is 12.0. The Bertz CT molecular complexity index is 747. The fraction of sp³-hybridized carbons (Fsp3) is 0.591. The predicted molar refractivity (Wildman–Crippen MR) is 113 cm³/mol. The van der Waals surface area contributed by atoms with E-state index in [4.69, 9.17) is 5.73 Å². The molecule has 0 radical (unpaired) electrons. The van der Waals surface area contributed by atoms with Crippen LogP contribution in [-0.4, -0.2) is 40.0 Å². The lowest BCUT2D eigenvalue weighted by Gasteiger charge is -2.41. The van der Waals surface area contributed by atoms with Gasteiger partial charge in [-0.2, -0.15) is 0 Å². The van der Waals surface area contributed by atoms with Gasteiger partial charge in [0.15, 0.2) is 0 Å². The third-order valence-electron chi connectivity index (χ3n) is 6.28.